The third-order valence-electron chi connectivity index (χ3n) is 5.06. The van der Waals surface area contributed by atoms with Gasteiger partial charge in [0.1, 0.15) is 5.54 Å². The molecule has 3 heterocycles. The number of carbonyl (C=O) groups is 3. The van der Waals surface area contributed by atoms with Gasteiger partial charge in [-0.2, -0.15) is 11.8 Å². The molecule has 0 aliphatic carbocycles. The number of esters is 1. The maximum absolute atomic E-state index is 12.9. The van der Waals surface area contributed by atoms with E-state index in [-0.39, 0.29) is 24.5 Å². The lowest BCUT2D eigenvalue weighted by Crippen LogP contribution is -2.56. The summed E-state index contributed by atoms with van der Waals surface area (Å²) < 4.78 is 5.33. The number of nitrogens with zero attached hydrogens (tertiary/aromatic N) is 1. The molecule has 0 spiro atoms. The molecule has 0 radical (unpaired) electrons. The zero-order valence-corrected chi connectivity index (χ0v) is 16.1. The molecule has 1 aromatic rings. The third-order valence-corrected chi connectivity index (χ3v) is 6.63. The predicted molar refractivity (Wildman–Crippen MR) is 97.3 cm³/mol. The van der Waals surface area contributed by atoms with Gasteiger partial charge in [-0.25, -0.2) is 0 Å². The van der Waals surface area contributed by atoms with Crippen LogP contribution in [-0.4, -0.2) is 53.9 Å². The Morgan fingerprint density at radius 1 is 1.44 bits per heavy atom. The number of rotatable bonds is 6. The normalized spacial score (nSPS) is 31.5. The zero-order chi connectivity index (χ0) is 18.2. The zero-order valence-electron chi connectivity index (χ0n) is 14.5. The minimum atomic E-state index is -1.16. The van der Waals surface area contributed by atoms with Crippen LogP contribution in [0.25, 0.3) is 0 Å². The lowest BCUT2D eigenvalue weighted by Gasteiger charge is -2.32. The Hall–Kier alpha value is -1.38. The Labute approximate surface area is 155 Å². The maximum atomic E-state index is 12.9. The topological polar surface area (TPSA) is 75.7 Å². The number of fused-ring (bicyclic) bond motifs is 1. The van der Waals surface area contributed by atoms with E-state index in [1.54, 1.807) is 18.7 Å². The van der Waals surface area contributed by atoms with Gasteiger partial charge in [-0.15, -0.1) is 11.3 Å². The van der Waals surface area contributed by atoms with Crippen molar-refractivity contribution >= 4 is 40.9 Å². The van der Waals surface area contributed by atoms with Gasteiger partial charge in [0, 0.05) is 11.9 Å². The van der Waals surface area contributed by atoms with Crippen molar-refractivity contribution in [1.82, 2.24) is 10.2 Å². The highest BCUT2D eigenvalue weighted by molar-refractivity contribution is 7.98. The Balaban J connectivity index is 2.09. The first-order valence-corrected chi connectivity index (χ1v) is 10.5. The van der Waals surface area contributed by atoms with Crippen molar-refractivity contribution < 1.29 is 19.1 Å². The molecule has 1 aromatic heterocycles. The Morgan fingerprint density at radius 3 is 2.80 bits per heavy atom. The molecular weight excluding hydrogens is 360 g/mol. The van der Waals surface area contributed by atoms with Gasteiger partial charge in [0.15, 0.2) is 0 Å². The van der Waals surface area contributed by atoms with Gasteiger partial charge in [-0.3, -0.25) is 24.6 Å². The maximum Gasteiger partial charge on any atom is 0.327 e. The average molecular weight is 383 g/mol. The predicted octanol–water partition coefficient (Wildman–Crippen LogP) is 1.68. The fourth-order valence-corrected chi connectivity index (χ4v) is 5.25. The van der Waals surface area contributed by atoms with Gasteiger partial charge in [-0.05, 0) is 36.8 Å². The van der Waals surface area contributed by atoms with Crippen molar-refractivity contribution in [2.24, 2.45) is 11.8 Å². The second-order valence-electron chi connectivity index (χ2n) is 6.31. The summed E-state index contributed by atoms with van der Waals surface area (Å²) in [6.07, 6.45) is 2.40. The number of carbonyl (C=O) groups excluding carboxylic acids is 3. The number of amides is 2. The standard InChI is InChI=1S/C17H22N2O4S2/c1-4-23-16(22)17(7-9-24-3)12-11(14(20)19(2)15(12)21)13(18-17)10-6-5-8-25-10/h5-6,8,11-13,18H,4,7,9H2,1-3H3/t11-,12-,13-,17-/m0/s1. The van der Waals surface area contributed by atoms with Crippen molar-refractivity contribution in [1.29, 1.82) is 0 Å². The molecule has 2 aliphatic heterocycles. The van der Waals surface area contributed by atoms with Crippen molar-refractivity contribution in [3.05, 3.63) is 22.4 Å². The first-order chi connectivity index (χ1) is 12.0. The molecule has 3 rings (SSSR count). The van der Waals surface area contributed by atoms with Crippen LogP contribution in [0.3, 0.4) is 0 Å². The summed E-state index contributed by atoms with van der Waals surface area (Å²) in [5, 5.41) is 5.30. The van der Waals surface area contributed by atoms with Crippen molar-refractivity contribution in [2.75, 3.05) is 25.7 Å². The average Bonchev–Trinajstić information content (AvgIpc) is 3.28. The third kappa shape index (κ3) is 2.80. The van der Waals surface area contributed by atoms with Gasteiger partial charge in [-0.1, -0.05) is 6.07 Å². The number of ether oxygens (including phenoxy) is 1. The number of likely N-dealkylation sites (tertiary alicyclic amines) is 1. The van der Waals surface area contributed by atoms with E-state index in [2.05, 4.69) is 5.32 Å². The highest BCUT2D eigenvalue weighted by Crippen LogP contribution is 2.51. The van der Waals surface area contributed by atoms with Gasteiger partial charge in [0.2, 0.25) is 11.8 Å². The Kier molecular flexibility index (Phi) is 5.22. The number of hydrogen-bond acceptors (Lipinski definition) is 7. The van der Waals surface area contributed by atoms with Gasteiger partial charge < -0.3 is 4.74 Å². The summed E-state index contributed by atoms with van der Waals surface area (Å²) in [6, 6.07) is 3.50. The second-order valence-corrected chi connectivity index (χ2v) is 8.28. The summed E-state index contributed by atoms with van der Waals surface area (Å²) in [5.74, 6) is -1.55. The molecule has 4 atom stereocenters. The minimum absolute atomic E-state index is 0.226. The molecule has 8 heteroatoms. The molecule has 6 nitrogen and oxygen atoms in total. The fraction of sp³-hybridized carbons (Fsp3) is 0.588. The van der Waals surface area contributed by atoms with E-state index in [1.807, 2.05) is 23.8 Å². The van der Waals surface area contributed by atoms with E-state index in [1.165, 1.54) is 23.3 Å². The number of imide groups is 1. The lowest BCUT2D eigenvalue weighted by atomic mass is 9.78. The Bertz CT molecular complexity index is 678. The second kappa shape index (κ2) is 7.09. The summed E-state index contributed by atoms with van der Waals surface area (Å²) in [6.45, 7) is 1.98. The molecule has 1 N–H and O–H groups in total. The van der Waals surface area contributed by atoms with Crippen molar-refractivity contribution in [2.45, 2.75) is 24.9 Å². The molecule has 25 heavy (non-hydrogen) atoms. The van der Waals surface area contributed by atoms with Crippen LogP contribution in [0.4, 0.5) is 0 Å². The minimum Gasteiger partial charge on any atom is -0.465 e. The number of hydrogen-bond donors (Lipinski definition) is 1. The summed E-state index contributed by atoms with van der Waals surface area (Å²) in [5.41, 5.74) is -1.16. The van der Waals surface area contributed by atoms with E-state index in [9.17, 15) is 14.4 Å². The van der Waals surface area contributed by atoms with E-state index in [0.717, 1.165) is 4.88 Å². The highest BCUT2D eigenvalue weighted by atomic mass is 32.2. The number of thiophene rings is 1. The Morgan fingerprint density at radius 2 is 2.20 bits per heavy atom. The van der Waals surface area contributed by atoms with E-state index < -0.39 is 23.3 Å². The van der Waals surface area contributed by atoms with Crippen LogP contribution >= 0.6 is 23.1 Å². The summed E-state index contributed by atoms with van der Waals surface area (Å²) in [7, 11) is 1.50. The van der Waals surface area contributed by atoms with Crippen molar-refractivity contribution in [3.63, 3.8) is 0 Å². The van der Waals surface area contributed by atoms with Gasteiger partial charge in [0.25, 0.3) is 0 Å². The molecule has 0 bridgehead atoms. The van der Waals surface area contributed by atoms with E-state index >= 15 is 0 Å². The molecule has 2 saturated heterocycles. The monoisotopic (exact) mass is 382 g/mol. The van der Waals surface area contributed by atoms with Crippen LogP contribution in [0.5, 0.6) is 0 Å². The number of thioether (sulfide) groups is 1. The lowest BCUT2D eigenvalue weighted by molar-refractivity contribution is -0.156. The summed E-state index contributed by atoms with van der Waals surface area (Å²) >= 11 is 3.12. The van der Waals surface area contributed by atoms with E-state index in [4.69, 9.17) is 4.74 Å². The molecular formula is C17H22N2O4S2. The highest BCUT2D eigenvalue weighted by Gasteiger charge is 2.68. The van der Waals surface area contributed by atoms with Crippen molar-refractivity contribution in [3.8, 4) is 0 Å². The van der Waals surface area contributed by atoms with Gasteiger partial charge >= 0.3 is 5.97 Å². The van der Waals surface area contributed by atoms with Crippen LogP contribution in [0.2, 0.25) is 0 Å². The SMILES string of the molecule is CCOC(=O)[C@@]1(CCSC)N[C@@H](c2cccs2)[C@H]2C(=O)N(C)C(=O)[C@H]21. The first kappa shape index (κ1) is 18.4. The molecule has 136 valence electrons. The molecule has 2 amide bonds. The quantitative estimate of drug-likeness (QED) is 0.596. The van der Waals surface area contributed by atoms with Crippen LogP contribution in [0, 0.1) is 11.8 Å². The molecule has 0 saturated carbocycles. The van der Waals surface area contributed by atoms with Gasteiger partial charge in [0.05, 0.1) is 24.5 Å². The first-order valence-electron chi connectivity index (χ1n) is 8.26. The molecule has 2 aliphatic rings. The molecule has 0 unspecified atom stereocenters. The van der Waals surface area contributed by atoms with Crippen LogP contribution in [0.1, 0.15) is 24.3 Å². The van der Waals surface area contributed by atoms with Crippen LogP contribution in [-0.2, 0) is 19.1 Å². The van der Waals surface area contributed by atoms with Crippen LogP contribution < -0.4 is 5.32 Å². The molecule has 2 fully saturated rings. The summed E-state index contributed by atoms with van der Waals surface area (Å²) in [4.78, 5) is 40.7. The fourth-order valence-electron chi connectivity index (χ4n) is 3.90. The van der Waals surface area contributed by atoms with E-state index in [0.29, 0.717) is 12.2 Å². The number of nitrogens with one attached hydrogen (secondary N) is 1. The van der Waals surface area contributed by atoms with Crippen LogP contribution in [0.15, 0.2) is 17.5 Å². The smallest absolute Gasteiger partial charge is 0.327 e. The molecule has 0 aromatic carbocycles. The largest absolute Gasteiger partial charge is 0.465 e.